The molecule has 1 fully saturated rings. The zero-order valence-electron chi connectivity index (χ0n) is 13.5. The van der Waals surface area contributed by atoms with Gasteiger partial charge in [-0.15, -0.1) is 0 Å². The maximum absolute atomic E-state index is 6.47. The largest absolute Gasteiger partial charge is 0.378 e. The van der Waals surface area contributed by atoms with Gasteiger partial charge in [0.2, 0.25) is 0 Å². The zero-order valence-corrected chi connectivity index (χ0v) is 14.3. The van der Waals surface area contributed by atoms with Crippen molar-refractivity contribution in [2.75, 3.05) is 26.3 Å². The van der Waals surface area contributed by atoms with Gasteiger partial charge in [-0.1, -0.05) is 32.4 Å². The van der Waals surface area contributed by atoms with Crippen molar-refractivity contribution in [3.63, 3.8) is 0 Å². The van der Waals surface area contributed by atoms with Crippen molar-refractivity contribution >= 4 is 11.6 Å². The number of hydrogen-bond acceptors (Lipinski definition) is 4. The van der Waals surface area contributed by atoms with Crippen molar-refractivity contribution in [2.45, 2.75) is 45.8 Å². The number of halogens is 1. The number of morpholine rings is 1. The molecular formula is C15H27ClN4O. The molecule has 0 aliphatic carbocycles. The average molecular weight is 315 g/mol. The molecular weight excluding hydrogens is 288 g/mol. The second kappa shape index (κ2) is 7.58. The third-order valence-electron chi connectivity index (χ3n) is 3.97. The predicted octanol–water partition coefficient (Wildman–Crippen LogP) is 1.83. The van der Waals surface area contributed by atoms with E-state index in [-0.39, 0.29) is 0 Å². The van der Waals surface area contributed by atoms with Gasteiger partial charge in [0.1, 0.15) is 0 Å². The lowest BCUT2D eigenvalue weighted by molar-refractivity contribution is -0.0124. The molecule has 1 aliphatic rings. The van der Waals surface area contributed by atoms with E-state index in [1.54, 1.807) is 0 Å². The molecule has 21 heavy (non-hydrogen) atoms. The standard InChI is InChI=1S/C15H27ClN4O/c1-5-13-15(16)14(19(4)18-13)9-20-6-7-21-10-12(20)8-17-11(2)3/h11-12,17H,5-10H2,1-4H3. The summed E-state index contributed by atoms with van der Waals surface area (Å²) in [4.78, 5) is 2.45. The maximum Gasteiger partial charge on any atom is 0.0863 e. The van der Waals surface area contributed by atoms with Crippen LogP contribution in [-0.2, 0) is 24.8 Å². The first-order chi connectivity index (χ1) is 10.0. The number of aryl methyl sites for hydroxylation is 2. The lowest BCUT2D eigenvalue weighted by Crippen LogP contribution is -2.51. The SMILES string of the molecule is CCc1nn(C)c(CN2CCOCC2CNC(C)C)c1Cl. The number of rotatable bonds is 6. The van der Waals surface area contributed by atoms with E-state index in [0.29, 0.717) is 12.1 Å². The molecule has 0 saturated carbocycles. The van der Waals surface area contributed by atoms with E-state index >= 15 is 0 Å². The highest BCUT2D eigenvalue weighted by atomic mass is 35.5. The second-order valence-electron chi connectivity index (χ2n) is 5.95. The van der Waals surface area contributed by atoms with Crippen molar-refractivity contribution in [3.8, 4) is 0 Å². The van der Waals surface area contributed by atoms with Crippen LogP contribution < -0.4 is 5.32 Å². The number of aromatic nitrogens is 2. The molecule has 120 valence electrons. The molecule has 5 nitrogen and oxygen atoms in total. The van der Waals surface area contributed by atoms with Crippen molar-refractivity contribution in [1.29, 1.82) is 0 Å². The normalized spacial score (nSPS) is 20.4. The molecule has 1 aliphatic heterocycles. The summed E-state index contributed by atoms with van der Waals surface area (Å²) in [6, 6.07) is 0.873. The molecule has 1 aromatic rings. The molecule has 6 heteroatoms. The highest BCUT2D eigenvalue weighted by Crippen LogP contribution is 2.23. The molecule has 0 bridgehead atoms. The van der Waals surface area contributed by atoms with Gasteiger partial charge in [0.25, 0.3) is 0 Å². The molecule has 0 radical (unpaired) electrons. The maximum atomic E-state index is 6.47. The quantitative estimate of drug-likeness (QED) is 0.870. The molecule has 1 N–H and O–H groups in total. The summed E-state index contributed by atoms with van der Waals surface area (Å²) in [6.07, 6.45) is 0.869. The number of ether oxygens (including phenoxy) is 1. The highest BCUT2D eigenvalue weighted by Gasteiger charge is 2.25. The Hall–Kier alpha value is -0.620. The molecule has 2 heterocycles. The van der Waals surface area contributed by atoms with Crippen LogP contribution in [0.3, 0.4) is 0 Å². The van der Waals surface area contributed by atoms with Gasteiger partial charge in [-0.2, -0.15) is 5.10 Å². The Labute approximate surface area is 132 Å². The van der Waals surface area contributed by atoms with E-state index in [1.807, 2.05) is 11.7 Å². The molecule has 1 atom stereocenters. The third-order valence-corrected chi connectivity index (χ3v) is 4.40. The van der Waals surface area contributed by atoms with Crippen molar-refractivity contribution in [2.24, 2.45) is 7.05 Å². The summed E-state index contributed by atoms with van der Waals surface area (Å²) < 4.78 is 7.55. The Bertz CT molecular complexity index is 461. The Morgan fingerprint density at radius 3 is 2.86 bits per heavy atom. The summed E-state index contributed by atoms with van der Waals surface area (Å²) in [5.41, 5.74) is 2.09. The Kier molecular flexibility index (Phi) is 6.05. The summed E-state index contributed by atoms with van der Waals surface area (Å²) in [5.74, 6) is 0. The molecule has 0 aromatic carbocycles. The fourth-order valence-corrected chi connectivity index (χ4v) is 2.99. The number of hydrogen-bond donors (Lipinski definition) is 1. The van der Waals surface area contributed by atoms with E-state index in [2.05, 4.69) is 36.1 Å². The smallest absolute Gasteiger partial charge is 0.0863 e. The van der Waals surface area contributed by atoms with Gasteiger partial charge in [0.05, 0.1) is 29.6 Å². The van der Waals surface area contributed by atoms with Crippen molar-refractivity contribution in [3.05, 3.63) is 16.4 Å². The highest BCUT2D eigenvalue weighted by molar-refractivity contribution is 6.31. The van der Waals surface area contributed by atoms with Crippen LogP contribution in [0.4, 0.5) is 0 Å². The minimum absolute atomic E-state index is 0.386. The lowest BCUT2D eigenvalue weighted by atomic mass is 10.2. The summed E-state index contributed by atoms with van der Waals surface area (Å²) in [5, 5.41) is 8.83. The Balaban J connectivity index is 2.06. The minimum Gasteiger partial charge on any atom is -0.378 e. The first-order valence-electron chi connectivity index (χ1n) is 7.78. The van der Waals surface area contributed by atoms with Crippen molar-refractivity contribution in [1.82, 2.24) is 20.0 Å². The topological polar surface area (TPSA) is 42.3 Å². The lowest BCUT2D eigenvalue weighted by Gasteiger charge is -2.36. The first kappa shape index (κ1) is 16.7. The predicted molar refractivity (Wildman–Crippen MR) is 85.8 cm³/mol. The van der Waals surface area contributed by atoms with Crippen molar-refractivity contribution < 1.29 is 4.74 Å². The van der Waals surface area contributed by atoms with Gasteiger partial charge in [0.15, 0.2) is 0 Å². The number of nitrogens with zero attached hydrogens (tertiary/aromatic N) is 3. The second-order valence-corrected chi connectivity index (χ2v) is 6.32. The summed E-state index contributed by atoms with van der Waals surface area (Å²) >= 11 is 6.47. The fourth-order valence-electron chi connectivity index (χ4n) is 2.64. The summed E-state index contributed by atoms with van der Waals surface area (Å²) in [6.45, 7) is 10.7. The third kappa shape index (κ3) is 4.19. The van der Waals surface area contributed by atoms with Crippen LogP contribution in [0, 0.1) is 0 Å². The van der Waals surface area contributed by atoms with E-state index < -0.39 is 0 Å². The molecule has 1 unspecified atom stereocenters. The monoisotopic (exact) mass is 314 g/mol. The number of nitrogens with one attached hydrogen (secondary N) is 1. The summed E-state index contributed by atoms with van der Waals surface area (Å²) in [7, 11) is 1.97. The van der Waals surface area contributed by atoms with Crippen LogP contribution in [0.15, 0.2) is 0 Å². The molecule has 2 rings (SSSR count). The van der Waals surface area contributed by atoms with E-state index in [0.717, 1.165) is 55.7 Å². The molecule has 1 aromatic heterocycles. The van der Waals surface area contributed by atoms with Gasteiger partial charge < -0.3 is 10.1 Å². The van der Waals surface area contributed by atoms with Gasteiger partial charge in [-0.25, -0.2) is 0 Å². The molecule has 0 spiro atoms. The van der Waals surface area contributed by atoms with Crippen LogP contribution in [0.1, 0.15) is 32.2 Å². The van der Waals surface area contributed by atoms with Crippen LogP contribution in [-0.4, -0.2) is 53.1 Å². The first-order valence-corrected chi connectivity index (χ1v) is 8.16. The van der Waals surface area contributed by atoms with Crippen LogP contribution >= 0.6 is 11.6 Å². The Morgan fingerprint density at radius 2 is 2.24 bits per heavy atom. The van der Waals surface area contributed by atoms with Gasteiger partial charge in [-0.05, 0) is 6.42 Å². The molecule has 1 saturated heterocycles. The Morgan fingerprint density at radius 1 is 1.48 bits per heavy atom. The van der Waals surface area contributed by atoms with E-state index in [1.165, 1.54) is 0 Å². The fraction of sp³-hybridized carbons (Fsp3) is 0.800. The average Bonchev–Trinajstić information content (AvgIpc) is 2.73. The van der Waals surface area contributed by atoms with Crippen LogP contribution in [0.5, 0.6) is 0 Å². The van der Waals surface area contributed by atoms with Gasteiger partial charge in [0, 0.05) is 38.8 Å². The van der Waals surface area contributed by atoms with Crippen LogP contribution in [0.2, 0.25) is 5.02 Å². The molecule has 0 amide bonds. The van der Waals surface area contributed by atoms with E-state index in [4.69, 9.17) is 16.3 Å². The zero-order chi connectivity index (χ0) is 15.4. The van der Waals surface area contributed by atoms with Crippen LogP contribution in [0.25, 0.3) is 0 Å². The van der Waals surface area contributed by atoms with Gasteiger partial charge >= 0.3 is 0 Å². The van der Waals surface area contributed by atoms with Gasteiger partial charge in [-0.3, -0.25) is 9.58 Å². The van der Waals surface area contributed by atoms with E-state index in [9.17, 15) is 0 Å². The minimum atomic E-state index is 0.386.